The molecule has 0 fully saturated rings. The molecule has 0 spiro atoms. The van der Waals surface area contributed by atoms with E-state index in [9.17, 15) is 14.9 Å². The highest BCUT2D eigenvalue weighted by molar-refractivity contribution is 7.09. The number of benzene rings is 2. The first-order valence-corrected chi connectivity index (χ1v) is 9.11. The average Bonchev–Trinajstić information content (AvgIpc) is 3.12. The van der Waals surface area contributed by atoms with E-state index in [2.05, 4.69) is 15.6 Å². The number of aryl methyl sites for hydroxylation is 1. The molecule has 0 saturated heterocycles. The van der Waals surface area contributed by atoms with Crippen molar-refractivity contribution in [1.82, 2.24) is 10.3 Å². The molecule has 1 aromatic heterocycles. The van der Waals surface area contributed by atoms with Gasteiger partial charge in [-0.1, -0.05) is 24.3 Å². The number of thiazole rings is 1. The number of nitrogens with one attached hydrogen (secondary N) is 2. The number of nitro groups is 1. The van der Waals surface area contributed by atoms with Crippen molar-refractivity contribution < 1.29 is 9.72 Å². The number of rotatable bonds is 6. The Morgan fingerprint density at radius 2 is 1.96 bits per heavy atom. The van der Waals surface area contributed by atoms with Gasteiger partial charge in [-0.2, -0.15) is 0 Å². The fourth-order valence-corrected chi connectivity index (χ4v) is 3.23. The lowest BCUT2D eigenvalue weighted by Gasteiger charge is -2.08. The second-order valence-corrected chi connectivity index (χ2v) is 6.93. The molecule has 0 unspecified atom stereocenters. The Labute approximate surface area is 160 Å². The maximum absolute atomic E-state index is 12.3. The smallest absolute Gasteiger partial charge is 0.293 e. The quantitative estimate of drug-likeness (QED) is 0.496. The maximum atomic E-state index is 12.3. The van der Waals surface area contributed by atoms with Crippen molar-refractivity contribution in [3.05, 3.63) is 74.1 Å². The largest absolute Gasteiger partial charge is 0.383 e. The van der Waals surface area contributed by atoms with E-state index in [1.807, 2.05) is 36.6 Å². The number of carbonyl (C=O) groups is 1. The second-order valence-electron chi connectivity index (χ2n) is 5.87. The van der Waals surface area contributed by atoms with Crippen molar-refractivity contribution in [1.29, 1.82) is 0 Å². The van der Waals surface area contributed by atoms with Crippen LogP contribution in [0.1, 0.15) is 20.9 Å². The van der Waals surface area contributed by atoms with Crippen LogP contribution in [-0.2, 0) is 6.54 Å². The first kappa shape index (κ1) is 18.5. The van der Waals surface area contributed by atoms with Crippen molar-refractivity contribution >= 4 is 28.6 Å². The maximum Gasteiger partial charge on any atom is 0.293 e. The Morgan fingerprint density at radius 1 is 1.22 bits per heavy atom. The number of nitrogens with zero attached hydrogens (tertiary/aromatic N) is 2. The summed E-state index contributed by atoms with van der Waals surface area (Å²) in [6.07, 6.45) is 0. The highest BCUT2D eigenvalue weighted by atomic mass is 32.1. The van der Waals surface area contributed by atoms with Gasteiger partial charge < -0.3 is 10.6 Å². The zero-order chi connectivity index (χ0) is 19.4. The van der Waals surface area contributed by atoms with Gasteiger partial charge in [0.2, 0.25) is 0 Å². The van der Waals surface area contributed by atoms with Crippen LogP contribution in [0.25, 0.3) is 11.3 Å². The SMILES string of the molecule is CNc1ccc(C(=O)NCc2ccc(-c3csc(C)n3)cc2)cc1[N+](=O)[O-]. The lowest BCUT2D eigenvalue weighted by atomic mass is 10.1. The van der Waals surface area contributed by atoms with E-state index in [-0.39, 0.29) is 17.2 Å². The normalized spacial score (nSPS) is 10.4. The van der Waals surface area contributed by atoms with Crippen molar-refractivity contribution in [3.8, 4) is 11.3 Å². The zero-order valence-corrected chi connectivity index (χ0v) is 15.7. The molecule has 0 bridgehead atoms. The molecule has 3 rings (SSSR count). The molecular formula is C19H18N4O3S. The van der Waals surface area contributed by atoms with E-state index >= 15 is 0 Å². The summed E-state index contributed by atoms with van der Waals surface area (Å²) in [5, 5.41) is 19.7. The predicted octanol–water partition coefficient (Wildman–Crippen LogP) is 4.00. The van der Waals surface area contributed by atoms with E-state index in [1.54, 1.807) is 24.5 Å². The van der Waals surface area contributed by atoms with Crippen LogP contribution in [0.15, 0.2) is 47.8 Å². The third-order valence-electron chi connectivity index (χ3n) is 4.05. The Morgan fingerprint density at radius 3 is 2.56 bits per heavy atom. The molecule has 27 heavy (non-hydrogen) atoms. The summed E-state index contributed by atoms with van der Waals surface area (Å²) in [4.78, 5) is 27.4. The molecule has 8 heteroatoms. The molecule has 0 saturated carbocycles. The van der Waals surface area contributed by atoms with Gasteiger partial charge in [0, 0.05) is 36.2 Å². The Balaban J connectivity index is 1.67. The van der Waals surface area contributed by atoms with Crippen molar-refractivity contribution in [2.75, 3.05) is 12.4 Å². The lowest BCUT2D eigenvalue weighted by Crippen LogP contribution is -2.22. The van der Waals surface area contributed by atoms with Crippen LogP contribution >= 0.6 is 11.3 Å². The average molecular weight is 382 g/mol. The predicted molar refractivity (Wildman–Crippen MR) is 106 cm³/mol. The molecule has 3 aromatic rings. The minimum absolute atomic E-state index is 0.131. The third kappa shape index (κ3) is 4.29. The van der Waals surface area contributed by atoms with Gasteiger partial charge in [-0.3, -0.25) is 14.9 Å². The van der Waals surface area contributed by atoms with E-state index in [4.69, 9.17) is 0 Å². The Kier molecular flexibility index (Phi) is 5.46. The van der Waals surface area contributed by atoms with Crippen LogP contribution in [0, 0.1) is 17.0 Å². The molecule has 2 N–H and O–H groups in total. The minimum atomic E-state index is -0.512. The summed E-state index contributed by atoms with van der Waals surface area (Å²) in [7, 11) is 1.60. The highest BCUT2D eigenvalue weighted by Gasteiger charge is 2.16. The van der Waals surface area contributed by atoms with Crippen molar-refractivity contribution in [3.63, 3.8) is 0 Å². The molecule has 1 heterocycles. The third-order valence-corrected chi connectivity index (χ3v) is 4.82. The molecular weight excluding hydrogens is 364 g/mol. The van der Waals surface area contributed by atoms with Crippen molar-refractivity contribution in [2.45, 2.75) is 13.5 Å². The number of anilines is 1. The number of hydrogen-bond donors (Lipinski definition) is 2. The van der Waals surface area contributed by atoms with Gasteiger partial charge in [-0.25, -0.2) is 4.98 Å². The first-order chi connectivity index (χ1) is 13.0. The molecule has 7 nitrogen and oxygen atoms in total. The molecule has 0 atom stereocenters. The molecule has 2 aromatic carbocycles. The van der Waals surface area contributed by atoms with E-state index in [0.717, 1.165) is 21.8 Å². The van der Waals surface area contributed by atoms with Gasteiger partial charge >= 0.3 is 0 Å². The Hall–Kier alpha value is -3.26. The molecule has 0 radical (unpaired) electrons. The van der Waals surface area contributed by atoms with E-state index in [0.29, 0.717) is 12.2 Å². The van der Waals surface area contributed by atoms with Gasteiger partial charge in [0.1, 0.15) is 5.69 Å². The summed E-state index contributed by atoms with van der Waals surface area (Å²) < 4.78 is 0. The molecule has 0 aliphatic carbocycles. The fraction of sp³-hybridized carbons (Fsp3) is 0.158. The van der Waals surface area contributed by atoms with Gasteiger partial charge in [0.05, 0.1) is 15.6 Å². The summed E-state index contributed by atoms with van der Waals surface area (Å²) in [5.74, 6) is -0.361. The minimum Gasteiger partial charge on any atom is -0.383 e. The fourth-order valence-electron chi connectivity index (χ4n) is 2.61. The zero-order valence-electron chi connectivity index (χ0n) is 14.9. The van der Waals surface area contributed by atoms with E-state index < -0.39 is 4.92 Å². The van der Waals surface area contributed by atoms with E-state index in [1.165, 1.54) is 12.1 Å². The van der Waals surface area contributed by atoms with Gasteiger partial charge in [-0.05, 0) is 24.6 Å². The number of carbonyl (C=O) groups excluding carboxylic acids is 1. The summed E-state index contributed by atoms with van der Waals surface area (Å²) >= 11 is 1.60. The molecule has 0 aliphatic heterocycles. The summed E-state index contributed by atoms with van der Waals surface area (Å²) in [5.41, 5.74) is 3.37. The van der Waals surface area contributed by atoms with Crippen LogP contribution in [-0.4, -0.2) is 22.9 Å². The summed E-state index contributed by atoms with van der Waals surface area (Å²) in [6.45, 7) is 2.29. The second kappa shape index (κ2) is 7.96. The van der Waals surface area contributed by atoms with Gasteiger partial charge in [0.25, 0.3) is 11.6 Å². The lowest BCUT2D eigenvalue weighted by molar-refractivity contribution is -0.384. The standard InChI is InChI=1S/C19H18N4O3S/c1-12-22-17(11-27-12)14-5-3-13(4-6-14)10-21-19(24)15-7-8-16(20-2)18(9-15)23(25)26/h3-9,11,20H,10H2,1-2H3,(H,21,24). The first-order valence-electron chi connectivity index (χ1n) is 8.24. The number of nitro benzene ring substituents is 1. The van der Waals surface area contributed by atoms with Crippen LogP contribution in [0.5, 0.6) is 0 Å². The number of amides is 1. The highest BCUT2D eigenvalue weighted by Crippen LogP contribution is 2.25. The molecule has 0 aliphatic rings. The summed E-state index contributed by atoms with van der Waals surface area (Å²) in [6, 6.07) is 12.1. The molecule has 138 valence electrons. The van der Waals surface area contributed by atoms with Crippen LogP contribution in [0.4, 0.5) is 11.4 Å². The van der Waals surface area contributed by atoms with Crippen LogP contribution < -0.4 is 10.6 Å². The van der Waals surface area contributed by atoms with Gasteiger partial charge in [0.15, 0.2) is 0 Å². The Bertz CT molecular complexity index is 983. The van der Waals surface area contributed by atoms with Crippen molar-refractivity contribution in [2.24, 2.45) is 0 Å². The monoisotopic (exact) mass is 382 g/mol. The van der Waals surface area contributed by atoms with Gasteiger partial charge in [-0.15, -0.1) is 11.3 Å². The van der Waals surface area contributed by atoms with Crippen LogP contribution in [0.2, 0.25) is 0 Å². The van der Waals surface area contributed by atoms with Crippen LogP contribution in [0.3, 0.4) is 0 Å². The molecule has 1 amide bonds. The number of aromatic nitrogens is 1. The topological polar surface area (TPSA) is 97.2 Å². The number of hydrogen-bond acceptors (Lipinski definition) is 6.